The zero-order chi connectivity index (χ0) is 25.8. The van der Waals surface area contributed by atoms with Gasteiger partial charge in [0.1, 0.15) is 6.29 Å². The highest BCUT2D eigenvalue weighted by Crippen LogP contribution is 2.39. The summed E-state index contributed by atoms with van der Waals surface area (Å²) in [5, 5.41) is 4.73. The second kappa shape index (κ2) is 10.8. The molecule has 1 amide bonds. The SMILES string of the molecule is CS(=O)(=O)c1ccc(Cc2nn(C3(CC=O)CCC(OCc4ccccc4)CC3)cc2C(N)=O)cc1. The summed E-state index contributed by atoms with van der Waals surface area (Å²) in [4.78, 5) is 24.1. The summed E-state index contributed by atoms with van der Waals surface area (Å²) in [6, 6.07) is 16.5. The van der Waals surface area contributed by atoms with Crippen molar-refractivity contribution in [3.63, 3.8) is 0 Å². The lowest BCUT2D eigenvalue weighted by molar-refractivity contribution is -0.111. The summed E-state index contributed by atoms with van der Waals surface area (Å²) in [7, 11) is -3.30. The molecule has 9 heteroatoms. The van der Waals surface area contributed by atoms with Crippen molar-refractivity contribution in [2.75, 3.05) is 6.26 Å². The highest BCUT2D eigenvalue weighted by molar-refractivity contribution is 7.90. The van der Waals surface area contributed by atoms with Gasteiger partial charge < -0.3 is 15.3 Å². The normalized spacial score (nSPS) is 20.2. The molecule has 1 fully saturated rings. The van der Waals surface area contributed by atoms with Gasteiger partial charge in [-0.2, -0.15) is 5.10 Å². The Morgan fingerprint density at radius 1 is 1.11 bits per heavy atom. The molecule has 1 heterocycles. The molecule has 1 aliphatic rings. The molecular formula is C27H31N3O5S. The lowest BCUT2D eigenvalue weighted by Crippen LogP contribution is -2.40. The van der Waals surface area contributed by atoms with E-state index in [-0.39, 0.29) is 17.4 Å². The van der Waals surface area contributed by atoms with Crippen LogP contribution in [0.1, 0.15) is 59.3 Å². The molecule has 2 aromatic carbocycles. The minimum absolute atomic E-state index is 0.0870. The number of carbonyl (C=O) groups is 2. The Bertz CT molecular complexity index is 1310. The van der Waals surface area contributed by atoms with Crippen LogP contribution in [-0.2, 0) is 37.9 Å². The van der Waals surface area contributed by atoms with Gasteiger partial charge in [-0.05, 0) is 48.9 Å². The van der Waals surface area contributed by atoms with Crippen LogP contribution in [0.3, 0.4) is 0 Å². The van der Waals surface area contributed by atoms with Crippen LogP contribution in [0.4, 0.5) is 0 Å². The van der Waals surface area contributed by atoms with Crippen molar-refractivity contribution in [1.82, 2.24) is 9.78 Å². The van der Waals surface area contributed by atoms with E-state index in [9.17, 15) is 18.0 Å². The van der Waals surface area contributed by atoms with E-state index in [1.54, 1.807) is 23.0 Å². The number of aldehydes is 1. The number of rotatable bonds is 10. The molecule has 1 saturated carbocycles. The quantitative estimate of drug-likeness (QED) is 0.418. The predicted octanol–water partition coefficient (Wildman–Crippen LogP) is 3.42. The molecule has 0 aliphatic heterocycles. The number of amides is 1. The number of nitrogens with zero attached hydrogens (tertiary/aromatic N) is 2. The summed E-state index contributed by atoms with van der Waals surface area (Å²) >= 11 is 0. The van der Waals surface area contributed by atoms with Gasteiger partial charge in [0.2, 0.25) is 0 Å². The largest absolute Gasteiger partial charge is 0.374 e. The van der Waals surface area contributed by atoms with Crippen LogP contribution >= 0.6 is 0 Å². The van der Waals surface area contributed by atoms with E-state index in [0.29, 0.717) is 37.1 Å². The first-order valence-corrected chi connectivity index (χ1v) is 13.9. The molecule has 4 rings (SSSR count). The van der Waals surface area contributed by atoms with Gasteiger partial charge in [0.05, 0.1) is 34.4 Å². The number of primary amides is 1. The average molecular weight is 510 g/mol. The Morgan fingerprint density at radius 2 is 1.78 bits per heavy atom. The molecule has 0 spiro atoms. The molecular weight excluding hydrogens is 478 g/mol. The molecule has 0 unspecified atom stereocenters. The fourth-order valence-electron chi connectivity index (χ4n) is 4.80. The Labute approximate surface area is 211 Å². The molecule has 36 heavy (non-hydrogen) atoms. The first kappa shape index (κ1) is 25.8. The number of nitrogens with two attached hydrogens (primary N) is 1. The van der Waals surface area contributed by atoms with Crippen molar-refractivity contribution >= 4 is 22.0 Å². The molecule has 0 radical (unpaired) electrons. The Morgan fingerprint density at radius 3 is 2.36 bits per heavy atom. The molecule has 1 aromatic heterocycles. The van der Waals surface area contributed by atoms with Crippen molar-refractivity contribution in [3.8, 4) is 0 Å². The van der Waals surface area contributed by atoms with Gasteiger partial charge in [0, 0.05) is 25.3 Å². The van der Waals surface area contributed by atoms with Crippen molar-refractivity contribution in [2.45, 2.75) is 61.7 Å². The molecule has 1 aliphatic carbocycles. The maximum atomic E-state index is 12.2. The van der Waals surface area contributed by atoms with Gasteiger partial charge in [-0.15, -0.1) is 0 Å². The van der Waals surface area contributed by atoms with Gasteiger partial charge in [-0.1, -0.05) is 42.5 Å². The van der Waals surface area contributed by atoms with Crippen LogP contribution in [0.15, 0.2) is 65.7 Å². The van der Waals surface area contributed by atoms with E-state index in [1.807, 2.05) is 30.3 Å². The van der Waals surface area contributed by atoms with Crippen LogP contribution in [0, 0.1) is 0 Å². The van der Waals surface area contributed by atoms with Crippen molar-refractivity contribution < 1.29 is 22.7 Å². The Hall–Kier alpha value is -3.30. The van der Waals surface area contributed by atoms with Gasteiger partial charge >= 0.3 is 0 Å². The predicted molar refractivity (Wildman–Crippen MR) is 135 cm³/mol. The van der Waals surface area contributed by atoms with E-state index in [0.717, 1.165) is 36.5 Å². The number of aromatic nitrogens is 2. The number of sulfone groups is 1. The lowest BCUT2D eigenvalue weighted by atomic mass is 9.78. The maximum absolute atomic E-state index is 12.2. The first-order chi connectivity index (χ1) is 17.2. The first-order valence-electron chi connectivity index (χ1n) is 12.0. The monoisotopic (exact) mass is 509 g/mol. The molecule has 0 atom stereocenters. The van der Waals surface area contributed by atoms with Crippen LogP contribution in [0.5, 0.6) is 0 Å². The average Bonchev–Trinajstić information content (AvgIpc) is 3.29. The molecule has 3 aromatic rings. The summed E-state index contributed by atoms with van der Waals surface area (Å²) in [5.41, 5.74) is 7.85. The summed E-state index contributed by atoms with van der Waals surface area (Å²) < 4.78 is 31.4. The third kappa shape index (κ3) is 5.91. The molecule has 8 nitrogen and oxygen atoms in total. The highest BCUT2D eigenvalue weighted by atomic mass is 32.2. The van der Waals surface area contributed by atoms with Crippen molar-refractivity contribution in [3.05, 3.63) is 83.2 Å². The second-order valence-electron chi connectivity index (χ2n) is 9.48. The standard InChI is InChI=1S/C27H31N3O5S/c1-36(33,34)23-9-7-20(8-10-23)17-25-24(26(28)32)18-30(29-25)27(15-16-31)13-11-22(12-14-27)35-19-21-5-3-2-4-6-21/h2-10,16,18,22H,11-15,17,19H2,1H3,(H2,28,32). The van der Waals surface area contributed by atoms with E-state index in [2.05, 4.69) is 0 Å². The van der Waals surface area contributed by atoms with E-state index in [4.69, 9.17) is 15.6 Å². The van der Waals surface area contributed by atoms with Crippen molar-refractivity contribution in [2.24, 2.45) is 5.73 Å². The van der Waals surface area contributed by atoms with Crippen LogP contribution in [0.25, 0.3) is 0 Å². The maximum Gasteiger partial charge on any atom is 0.252 e. The lowest BCUT2D eigenvalue weighted by Gasteiger charge is -2.39. The number of hydrogen-bond acceptors (Lipinski definition) is 6. The Balaban J connectivity index is 1.51. The number of carbonyl (C=O) groups excluding carboxylic acids is 2. The zero-order valence-corrected chi connectivity index (χ0v) is 21.1. The molecule has 0 saturated heterocycles. The summed E-state index contributed by atoms with van der Waals surface area (Å²) in [6.07, 6.45) is 7.31. The Kier molecular flexibility index (Phi) is 7.70. The van der Waals surface area contributed by atoms with Gasteiger partial charge in [-0.3, -0.25) is 9.48 Å². The summed E-state index contributed by atoms with van der Waals surface area (Å²) in [5.74, 6) is -0.592. The third-order valence-corrected chi connectivity index (χ3v) is 8.05. The summed E-state index contributed by atoms with van der Waals surface area (Å²) in [6.45, 7) is 0.544. The highest BCUT2D eigenvalue weighted by Gasteiger charge is 2.38. The third-order valence-electron chi connectivity index (χ3n) is 6.92. The minimum atomic E-state index is -3.30. The van der Waals surface area contributed by atoms with Gasteiger partial charge in [-0.25, -0.2) is 8.42 Å². The van der Waals surface area contributed by atoms with Gasteiger partial charge in [0.25, 0.3) is 5.91 Å². The van der Waals surface area contributed by atoms with Crippen molar-refractivity contribution in [1.29, 1.82) is 0 Å². The number of ether oxygens (including phenoxy) is 1. The molecule has 2 N–H and O–H groups in total. The molecule has 0 bridgehead atoms. The smallest absolute Gasteiger partial charge is 0.252 e. The van der Waals surface area contributed by atoms with Crippen LogP contribution in [0.2, 0.25) is 0 Å². The fourth-order valence-corrected chi connectivity index (χ4v) is 5.43. The zero-order valence-electron chi connectivity index (χ0n) is 20.3. The van der Waals surface area contributed by atoms with E-state index in [1.165, 1.54) is 12.1 Å². The van der Waals surface area contributed by atoms with E-state index < -0.39 is 21.3 Å². The van der Waals surface area contributed by atoms with Gasteiger partial charge in [0.15, 0.2) is 9.84 Å². The van der Waals surface area contributed by atoms with E-state index >= 15 is 0 Å². The number of hydrogen-bond donors (Lipinski definition) is 1. The second-order valence-corrected chi connectivity index (χ2v) is 11.5. The van der Waals surface area contributed by atoms with Crippen LogP contribution < -0.4 is 5.73 Å². The fraction of sp³-hybridized carbons (Fsp3) is 0.370. The minimum Gasteiger partial charge on any atom is -0.374 e. The topological polar surface area (TPSA) is 121 Å². The molecule has 190 valence electrons. The van der Waals surface area contributed by atoms with Crippen LogP contribution in [-0.4, -0.2) is 42.8 Å². The number of benzene rings is 2.